The lowest BCUT2D eigenvalue weighted by molar-refractivity contribution is -0.138. The Labute approximate surface area is 153 Å². The summed E-state index contributed by atoms with van der Waals surface area (Å²) in [4.78, 5) is 41.8. The van der Waals surface area contributed by atoms with Crippen LogP contribution < -0.4 is 15.8 Å². The number of nitrogens with one attached hydrogen (secondary N) is 2. The number of amides is 3. The highest BCUT2D eigenvalue weighted by Crippen LogP contribution is 2.25. The van der Waals surface area contributed by atoms with E-state index in [2.05, 4.69) is 15.6 Å². The summed E-state index contributed by atoms with van der Waals surface area (Å²) in [6.07, 6.45) is -0.892. The van der Waals surface area contributed by atoms with E-state index >= 15 is 0 Å². The molecule has 1 saturated heterocycles. The fourth-order valence-corrected chi connectivity index (χ4v) is 3.32. The monoisotopic (exact) mass is 396 g/mol. The lowest BCUT2D eigenvalue weighted by Crippen LogP contribution is -2.64. The quantitative estimate of drug-likeness (QED) is 0.469. The highest BCUT2D eigenvalue weighted by Gasteiger charge is 2.49. The van der Waals surface area contributed by atoms with Gasteiger partial charge in [0, 0.05) is 12.7 Å². The van der Waals surface area contributed by atoms with Gasteiger partial charge in [-0.2, -0.15) is 0 Å². The van der Waals surface area contributed by atoms with Crippen LogP contribution in [0.3, 0.4) is 0 Å². The summed E-state index contributed by atoms with van der Waals surface area (Å²) >= 11 is 0. The van der Waals surface area contributed by atoms with Crippen LogP contribution in [0.4, 0.5) is 10.5 Å². The number of likely N-dealkylation sites (N-methyl/N-ethyl adjacent to an activating group) is 1. The van der Waals surface area contributed by atoms with Gasteiger partial charge < -0.3 is 20.2 Å². The van der Waals surface area contributed by atoms with Crippen molar-refractivity contribution in [3.63, 3.8) is 0 Å². The number of guanidine groups is 1. The van der Waals surface area contributed by atoms with Gasteiger partial charge in [-0.25, -0.2) is 23.3 Å². The summed E-state index contributed by atoms with van der Waals surface area (Å²) in [6, 6.07) is 3.72. The molecule has 5 N–H and O–H groups in total. The molecule has 2 aliphatic heterocycles. The number of primary sulfonamides is 1. The molecule has 0 radical (unpaired) electrons. The fourth-order valence-electron chi connectivity index (χ4n) is 2.81. The minimum Gasteiger partial charge on any atom is -0.480 e. The predicted octanol–water partition coefficient (Wildman–Crippen LogP) is -1.62. The number of urea groups is 1. The lowest BCUT2D eigenvalue weighted by atomic mass is 10.1. The summed E-state index contributed by atoms with van der Waals surface area (Å²) in [5, 5.41) is 19.2. The number of hydrogen-bond acceptors (Lipinski definition) is 8. The van der Waals surface area contributed by atoms with Crippen molar-refractivity contribution in [2.45, 2.75) is 17.1 Å². The Balaban J connectivity index is 1.91. The lowest BCUT2D eigenvalue weighted by Gasteiger charge is -2.35. The number of rotatable bonds is 4. The molecule has 2 unspecified atom stereocenters. The molecule has 2 aliphatic rings. The van der Waals surface area contributed by atoms with Crippen LogP contribution in [0.15, 0.2) is 34.2 Å². The van der Waals surface area contributed by atoms with Crippen molar-refractivity contribution in [2.75, 3.05) is 18.9 Å². The van der Waals surface area contributed by atoms with E-state index in [9.17, 15) is 22.8 Å². The predicted molar refractivity (Wildman–Crippen MR) is 92.1 cm³/mol. The standard InChI is InChI=1S/C14H16N6O6S/c1-19-11-10(12(23)18-14(19)24)20(6-9(21)22)13(17-11)16-7-2-4-8(5-3-7)27(15,25)26/h2-5,10-11H,6H2,1H3,(H,16,17)(H,21,22)(H2,15,25,26)(H,18,23,24). The Kier molecular flexibility index (Phi) is 4.49. The molecule has 3 rings (SSSR count). The van der Waals surface area contributed by atoms with Crippen molar-refractivity contribution in [1.29, 1.82) is 0 Å². The van der Waals surface area contributed by atoms with Crippen LogP contribution in [-0.4, -0.2) is 73.0 Å². The van der Waals surface area contributed by atoms with E-state index in [0.29, 0.717) is 5.69 Å². The van der Waals surface area contributed by atoms with Crippen LogP contribution in [0.1, 0.15) is 0 Å². The third-order valence-electron chi connectivity index (χ3n) is 4.11. The molecule has 0 saturated carbocycles. The summed E-state index contributed by atoms with van der Waals surface area (Å²) < 4.78 is 22.6. The van der Waals surface area contributed by atoms with Gasteiger partial charge in [0.1, 0.15) is 6.54 Å². The summed E-state index contributed by atoms with van der Waals surface area (Å²) in [5.41, 5.74) is 0.393. The normalized spacial score (nSPS) is 22.2. The van der Waals surface area contributed by atoms with Crippen molar-refractivity contribution in [1.82, 2.24) is 15.1 Å². The number of carboxylic acid groups (broad SMARTS) is 1. The zero-order valence-corrected chi connectivity index (χ0v) is 14.8. The van der Waals surface area contributed by atoms with Crippen LogP contribution >= 0.6 is 0 Å². The number of carboxylic acids is 1. The van der Waals surface area contributed by atoms with E-state index in [1.54, 1.807) is 0 Å². The average Bonchev–Trinajstić information content (AvgIpc) is 2.91. The molecule has 0 aliphatic carbocycles. The van der Waals surface area contributed by atoms with Crippen molar-refractivity contribution in [3.05, 3.63) is 24.3 Å². The largest absolute Gasteiger partial charge is 0.480 e. The number of aliphatic carboxylic acids is 1. The maximum Gasteiger partial charge on any atom is 0.325 e. The second-order valence-electron chi connectivity index (χ2n) is 5.93. The molecular weight excluding hydrogens is 380 g/mol. The van der Waals surface area contributed by atoms with Gasteiger partial charge in [0.15, 0.2) is 12.2 Å². The van der Waals surface area contributed by atoms with Gasteiger partial charge in [-0.3, -0.25) is 14.9 Å². The number of imide groups is 1. The Morgan fingerprint density at radius 1 is 1.33 bits per heavy atom. The maximum atomic E-state index is 12.2. The number of carbonyl (C=O) groups is 3. The summed E-state index contributed by atoms with van der Waals surface area (Å²) in [7, 11) is -2.42. The van der Waals surface area contributed by atoms with E-state index in [1.807, 2.05) is 0 Å². The number of fused-ring (bicyclic) bond motifs is 1. The first kappa shape index (κ1) is 18.6. The molecule has 1 aromatic rings. The summed E-state index contributed by atoms with van der Waals surface area (Å²) in [5.74, 6) is -1.79. The number of sulfonamides is 1. The molecule has 0 aromatic heterocycles. The van der Waals surface area contributed by atoms with Crippen LogP contribution in [0.25, 0.3) is 0 Å². The zero-order valence-electron chi connectivity index (χ0n) is 14.0. The molecule has 1 aromatic carbocycles. The fraction of sp³-hybridized carbons (Fsp3) is 0.286. The van der Waals surface area contributed by atoms with Crippen molar-refractivity contribution in [3.8, 4) is 0 Å². The molecular formula is C14H16N6O6S. The number of aliphatic imine (C=N–C) groups is 1. The van der Waals surface area contributed by atoms with Crippen LogP contribution in [-0.2, 0) is 19.6 Å². The number of carbonyl (C=O) groups excluding carboxylic acids is 2. The minimum atomic E-state index is -3.85. The third-order valence-corrected chi connectivity index (χ3v) is 5.03. The molecule has 13 heteroatoms. The Bertz CT molecular complexity index is 943. The van der Waals surface area contributed by atoms with E-state index in [1.165, 1.54) is 41.1 Å². The average molecular weight is 396 g/mol. The maximum absolute atomic E-state index is 12.2. The van der Waals surface area contributed by atoms with Crippen molar-refractivity contribution in [2.24, 2.45) is 10.1 Å². The second kappa shape index (κ2) is 6.51. The molecule has 1 fully saturated rings. The van der Waals surface area contributed by atoms with Gasteiger partial charge in [-0.1, -0.05) is 0 Å². The van der Waals surface area contributed by atoms with Gasteiger partial charge in [0.05, 0.1) is 4.90 Å². The van der Waals surface area contributed by atoms with E-state index in [0.717, 1.165) is 0 Å². The first-order chi connectivity index (χ1) is 12.6. The van der Waals surface area contributed by atoms with E-state index < -0.39 is 46.7 Å². The van der Waals surface area contributed by atoms with Crippen LogP contribution in [0.2, 0.25) is 0 Å². The smallest absolute Gasteiger partial charge is 0.325 e. The molecule has 27 heavy (non-hydrogen) atoms. The van der Waals surface area contributed by atoms with Gasteiger partial charge in [-0.15, -0.1) is 0 Å². The third kappa shape index (κ3) is 3.54. The number of nitrogens with zero attached hydrogens (tertiary/aromatic N) is 3. The molecule has 3 amide bonds. The zero-order chi connectivity index (χ0) is 19.9. The second-order valence-corrected chi connectivity index (χ2v) is 7.49. The highest BCUT2D eigenvalue weighted by atomic mass is 32.2. The Morgan fingerprint density at radius 3 is 2.52 bits per heavy atom. The molecule has 0 bridgehead atoms. The van der Waals surface area contributed by atoms with Gasteiger partial charge in [-0.05, 0) is 24.3 Å². The molecule has 144 valence electrons. The minimum absolute atomic E-state index is 0.0625. The Hall–Kier alpha value is -3.19. The van der Waals surface area contributed by atoms with Crippen molar-refractivity contribution < 1.29 is 27.9 Å². The van der Waals surface area contributed by atoms with Gasteiger partial charge >= 0.3 is 12.0 Å². The number of anilines is 1. The van der Waals surface area contributed by atoms with Crippen molar-refractivity contribution >= 4 is 39.6 Å². The molecule has 0 spiro atoms. The Morgan fingerprint density at radius 2 is 1.96 bits per heavy atom. The highest BCUT2D eigenvalue weighted by molar-refractivity contribution is 7.89. The number of benzene rings is 1. The first-order valence-corrected chi connectivity index (χ1v) is 9.16. The summed E-state index contributed by atoms with van der Waals surface area (Å²) in [6.45, 7) is -0.530. The van der Waals surface area contributed by atoms with E-state index in [4.69, 9.17) is 10.2 Å². The SMILES string of the molecule is CN1C(=O)NC(=O)C2C1N=C(Nc1ccc(S(N)(=O)=O)cc1)N2CC(=O)O. The number of hydrogen-bond donors (Lipinski definition) is 4. The van der Waals surface area contributed by atoms with Gasteiger partial charge in [0.25, 0.3) is 5.91 Å². The topological polar surface area (TPSA) is 174 Å². The van der Waals surface area contributed by atoms with Crippen LogP contribution in [0.5, 0.6) is 0 Å². The molecule has 12 nitrogen and oxygen atoms in total. The first-order valence-electron chi connectivity index (χ1n) is 7.61. The number of nitrogens with two attached hydrogens (primary N) is 1. The van der Waals surface area contributed by atoms with Gasteiger partial charge in [0.2, 0.25) is 16.0 Å². The molecule has 2 atom stereocenters. The van der Waals surface area contributed by atoms with Crippen LogP contribution in [0, 0.1) is 0 Å². The van der Waals surface area contributed by atoms with E-state index in [-0.39, 0.29) is 10.9 Å². The molecule has 2 heterocycles.